The topological polar surface area (TPSA) is 78.5 Å². The van der Waals surface area contributed by atoms with Crippen molar-refractivity contribution in [2.75, 3.05) is 18.4 Å². The molecule has 1 saturated heterocycles. The van der Waals surface area contributed by atoms with E-state index in [0.717, 1.165) is 36.0 Å². The number of nitrogens with one attached hydrogen (secondary N) is 2. The van der Waals surface area contributed by atoms with E-state index in [-0.39, 0.29) is 24.1 Å². The summed E-state index contributed by atoms with van der Waals surface area (Å²) in [5, 5.41) is 5.68. The smallest absolute Gasteiger partial charge is 0.255 e. The van der Waals surface area contributed by atoms with Gasteiger partial charge in [0, 0.05) is 24.5 Å². The molecule has 2 aromatic carbocycles. The van der Waals surface area contributed by atoms with Crippen molar-refractivity contribution in [3.05, 3.63) is 64.1 Å². The molecule has 0 saturated carbocycles. The quantitative estimate of drug-likeness (QED) is 0.690. The molecule has 152 valence electrons. The average molecular weight is 458 g/mol. The fraction of sp³-hybridized carbons (Fsp3) is 0.318. The second-order valence-corrected chi connectivity index (χ2v) is 8.02. The second-order valence-electron chi connectivity index (χ2n) is 7.10. The summed E-state index contributed by atoms with van der Waals surface area (Å²) in [7, 11) is 0. The molecule has 3 amide bonds. The Hall–Kier alpha value is -2.67. The lowest BCUT2D eigenvalue weighted by Crippen LogP contribution is -2.31. The van der Waals surface area contributed by atoms with Crippen LogP contribution in [0.2, 0.25) is 0 Å². The van der Waals surface area contributed by atoms with Gasteiger partial charge in [-0.1, -0.05) is 40.2 Å². The highest BCUT2D eigenvalue weighted by atomic mass is 79.9. The van der Waals surface area contributed by atoms with Gasteiger partial charge >= 0.3 is 0 Å². The van der Waals surface area contributed by atoms with Gasteiger partial charge in [-0.25, -0.2) is 0 Å². The summed E-state index contributed by atoms with van der Waals surface area (Å²) in [5.41, 5.74) is 1.81. The normalized spacial score (nSPS) is 14.3. The van der Waals surface area contributed by atoms with Crippen molar-refractivity contribution < 1.29 is 14.4 Å². The first-order chi connectivity index (χ1) is 13.9. The predicted molar refractivity (Wildman–Crippen MR) is 116 cm³/mol. The lowest BCUT2D eigenvalue weighted by Gasteiger charge is -2.20. The summed E-state index contributed by atoms with van der Waals surface area (Å²) in [4.78, 5) is 39.0. The van der Waals surface area contributed by atoms with Crippen LogP contribution in [-0.4, -0.2) is 35.7 Å². The third kappa shape index (κ3) is 5.67. The number of amides is 3. The Morgan fingerprint density at radius 3 is 2.34 bits per heavy atom. The molecule has 1 aliphatic rings. The van der Waals surface area contributed by atoms with Crippen LogP contribution in [0.1, 0.15) is 48.1 Å². The van der Waals surface area contributed by atoms with Gasteiger partial charge in [-0.15, -0.1) is 0 Å². The molecular weight excluding hydrogens is 434 g/mol. The van der Waals surface area contributed by atoms with E-state index < -0.39 is 6.04 Å². The van der Waals surface area contributed by atoms with Gasteiger partial charge in [0.15, 0.2) is 0 Å². The number of anilines is 1. The lowest BCUT2D eigenvalue weighted by molar-refractivity contribution is -0.120. The molecule has 1 aliphatic heterocycles. The molecule has 1 heterocycles. The Balaban J connectivity index is 1.74. The van der Waals surface area contributed by atoms with Gasteiger partial charge in [-0.3, -0.25) is 14.4 Å². The highest BCUT2D eigenvalue weighted by Crippen LogP contribution is 2.23. The van der Waals surface area contributed by atoms with Gasteiger partial charge in [0.05, 0.1) is 23.7 Å². The number of benzene rings is 2. The molecule has 2 aromatic rings. The van der Waals surface area contributed by atoms with Gasteiger partial charge in [0.1, 0.15) is 0 Å². The zero-order valence-corrected chi connectivity index (χ0v) is 17.9. The van der Waals surface area contributed by atoms with E-state index in [2.05, 4.69) is 26.6 Å². The Kier molecular flexibility index (Phi) is 7.04. The second kappa shape index (κ2) is 9.69. The third-order valence-electron chi connectivity index (χ3n) is 4.86. The largest absolute Gasteiger partial charge is 0.349 e. The van der Waals surface area contributed by atoms with Gasteiger partial charge < -0.3 is 15.5 Å². The van der Waals surface area contributed by atoms with Crippen molar-refractivity contribution in [3.63, 3.8) is 0 Å². The van der Waals surface area contributed by atoms with Crippen molar-refractivity contribution in [1.82, 2.24) is 10.2 Å². The predicted octanol–water partition coefficient (Wildman–Crippen LogP) is 3.89. The zero-order chi connectivity index (χ0) is 20.8. The number of likely N-dealkylation sites (tertiary alicyclic amines) is 1. The van der Waals surface area contributed by atoms with Crippen LogP contribution >= 0.6 is 15.9 Å². The van der Waals surface area contributed by atoms with Gasteiger partial charge in [0.2, 0.25) is 11.8 Å². The fourth-order valence-electron chi connectivity index (χ4n) is 3.45. The van der Waals surface area contributed by atoms with E-state index in [1.807, 2.05) is 29.2 Å². The molecule has 0 radical (unpaired) electrons. The fourth-order valence-corrected chi connectivity index (χ4v) is 3.71. The van der Waals surface area contributed by atoms with Crippen molar-refractivity contribution in [2.45, 2.75) is 32.2 Å². The zero-order valence-electron chi connectivity index (χ0n) is 16.3. The number of para-hydroxylation sites is 1. The monoisotopic (exact) mass is 457 g/mol. The first kappa shape index (κ1) is 21.0. The van der Waals surface area contributed by atoms with Gasteiger partial charge in [0.25, 0.3) is 5.91 Å². The van der Waals surface area contributed by atoms with Crippen molar-refractivity contribution >= 4 is 39.3 Å². The molecule has 7 heteroatoms. The molecular formula is C22H24BrN3O3. The molecule has 2 N–H and O–H groups in total. The van der Waals surface area contributed by atoms with Crippen LogP contribution in [0, 0.1) is 0 Å². The first-order valence-corrected chi connectivity index (χ1v) is 10.4. The molecule has 1 fully saturated rings. The van der Waals surface area contributed by atoms with E-state index in [9.17, 15) is 14.4 Å². The molecule has 0 aromatic heterocycles. The standard InChI is InChI=1S/C22H24BrN3O3/c1-15(27)24-20(16-8-10-17(23)11-9-16)14-21(28)25-19-7-3-2-6-18(19)22(29)26-12-4-5-13-26/h2-3,6-11,20H,4-5,12-14H2,1H3,(H,24,27)(H,25,28). The van der Waals surface area contributed by atoms with E-state index in [0.29, 0.717) is 11.3 Å². The lowest BCUT2D eigenvalue weighted by atomic mass is 10.0. The minimum absolute atomic E-state index is 0.0629. The summed E-state index contributed by atoms with van der Waals surface area (Å²) >= 11 is 3.39. The molecule has 29 heavy (non-hydrogen) atoms. The molecule has 0 aliphatic carbocycles. The van der Waals surface area contributed by atoms with E-state index >= 15 is 0 Å². The number of hydrogen-bond donors (Lipinski definition) is 2. The number of hydrogen-bond acceptors (Lipinski definition) is 3. The van der Waals surface area contributed by atoms with E-state index in [1.54, 1.807) is 24.3 Å². The SMILES string of the molecule is CC(=O)NC(CC(=O)Nc1ccccc1C(=O)N1CCCC1)c1ccc(Br)cc1. The molecule has 1 unspecified atom stereocenters. The molecule has 6 nitrogen and oxygen atoms in total. The van der Waals surface area contributed by atoms with Crippen LogP contribution in [0.25, 0.3) is 0 Å². The summed E-state index contributed by atoms with van der Waals surface area (Å²) in [5.74, 6) is -0.548. The first-order valence-electron chi connectivity index (χ1n) is 9.65. The summed E-state index contributed by atoms with van der Waals surface area (Å²) in [6.45, 7) is 2.92. The Morgan fingerprint density at radius 2 is 1.69 bits per heavy atom. The van der Waals surface area contributed by atoms with Crippen molar-refractivity contribution in [2.24, 2.45) is 0 Å². The van der Waals surface area contributed by atoms with Crippen LogP contribution in [0.4, 0.5) is 5.69 Å². The van der Waals surface area contributed by atoms with Crippen LogP contribution < -0.4 is 10.6 Å². The van der Waals surface area contributed by atoms with Crippen LogP contribution in [-0.2, 0) is 9.59 Å². The Labute approximate surface area is 178 Å². The Morgan fingerprint density at radius 1 is 1.03 bits per heavy atom. The number of carbonyl (C=O) groups is 3. The van der Waals surface area contributed by atoms with E-state index in [1.165, 1.54) is 6.92 Å². The Bertz CT molecular complexity index is 892. The van der Waals surface area contributed by atoms with E-state index in [4.69, 9.17) is 0 Å². The third-order valence-corrected chi connectivity index (χ3v) is 5.39. The number of rotatable bonds is 6. The van der Waals surface area contributed by atoms with Crippen LogP contribution in [0.3, 0.4) is 0 Å². The minimum Gasteiger partial charge on any atom is -0.349 e. The number of carbonyl (C=O) groups excluding carboxylic acids is 3. The van der Waals surface area contributed by atoms with Crippen molar-refractivity contribution in [1.29, 1.82) is 0 Å². The highest BCUT2D eigenvalue weighted by molar-refractivity contribution is 9.10. The summed E-state index contributed by atoms with van der Waals surface area (Å²) < 4.78 is 0.918. The molecule has 3 rings (SSSR count). The number of nitrogens with zero attached hydrogens (tertiary/aromatic N) is 1. The van der Waals surface area contributed by atoms with Crippen molar-refractivity contribution in [3.8, 4) is 0 Å². The summed E-state index contributed by atoms with van der Waals surface area (Å²) in [6.07, 6.45) is 2.07. The average Bonchev–Trinajstić information content (AvgIpc) is 3.22. The van der Waals surface area contributed by atoms with Gasteiger partial charge in [-0.2, -0.15) is 0 Å². The maximum absolute atomic E-state index is 12.8. The maximum atomic E-state index is 12.8. The van der Waals surface area contributed by atoms with Crippen LogP contribution in [0.15, 0.2) is 53.0 Å². The maximum Gasteiger partial charge on any atom is 0.255 e. The minimum atomic E-state index is -0.456. The molecule has 0 spiro atoms. The highest BCUT2D eigenvalue weighted by Gasteiger charge is 2.23. The van der Waals surface area contributed by atoms with Gasteiger partial charge in [-0.05, 0) is 42.7 Å². The summed E-state index contributed by atoms with van der Waals surface area (Å²) in [6, 6.07) is 14.0. The van der Waals surface area contributed by atoms with Crippen LogP contribution in [0.5, 0.6) is 0 Å². The number of halogens is 1. The molecule has 0 bridgehead atoms. The molecule has 1 atom stereocenters.